The number of fused-ring (bicyclic) bond motifs is 1. The van der Waals surface area contributed by atoms with Crippen LogP contribution in [0.5, 0.6) is 0 Å². The Morgan fingerprint density at radius 3 is 3.00 bits per heavy atom. The summed E-state index contributed by atoms with van der Waals surface area (Å²) in [4.78, 5) is 12.4. The second-order valence-electron chi connectivity index (χ2n) is 2.60. The number of carbonyl (C=O) groups is 1. The molecule has 2 fully saturated rings. The zero-order chi connectivity index (χ0) is 7.14. The first-order chi connectivity index (χ1) is 4.79. The number of carbonyl (C=O) groups excluding carboxylic acids is 1. The van der Waals surface area contributed by atoms with Crippen LogP contribution in [0.3, 0.4) is 0 Å². The number of amides is 1. The van der Waals surface area contributed by atoms with Crippen LogP contribution in [0.1, 0.15) is 12.8 Å². The summed E-state index contributed by atoms with van der Waals surface area (Å²) in [6.07, 6.45) is 0.863. The summed E-state index contributed by atoms with van der Waals surface area (Å²) >= 11 is 1.77. The molecule has 2 aliphatic heterocycles. The lowest BCUT2D eigenvalue weighted by atomic mass is 10.1. The quantitative estimate of drug-likeness (QED) is 0.506. The molecule has 1 unspecified atom stereocenters. The van der Waals surface area contributed by atoms with Gasteiger partial charge in [0.2, 0.25) is 5.91 Å². The Balaban J connectivity index is 2.07. The van der Waals surface area contributed by atoms with Gasteiger partial charge < -0.3 is 10.0 Å². The van der Waals surface area contributed by atoms with Crippen LogP contribution in [0.4, 0.5) is 0 Å². The minimum absolute atomic E-state index is 0.102. The lowest BCUT2D eigenvalue weighted by Gasteiger charge is -2.46. The van der Waals surface area contributed by atoms with E-state index in [9.17, 15) is 9.90 Å². The summed E-state index contributed by atoms with van der Waals surface area (Å²) in [6.45, 7) is 0. The van der Waals surface area contributed by atoms with Gasteiger partial charge in [-0.3, -0.25) is 4.79 Å². The van der Waals surface area contributed by atoms with E-state index in [0.29, 0.717) is 6.42 Å². The van der Waals surface area contributed by atoms with Crippen molar-refractivity contribution in [1.29, 1.82) is 0 Å². The fourth-order valence-electron chi connectivity index (χ4n) is 1.35. The van der Waals surface area contributed by atoms with Gasteiger partial charge in [0.1, 0.15) is 6.23 Å². The molecule has 1 N–H and O–H groups in total. The molecule has 56 valence electrons. The van der Waals surface area contributed by atoms with Gasteiger partial charge in [-0.15, -0.1) is 11.8 Å². The molecule has 3 nitrogen and oxygen atoms in total. The highest BCUT2D eigenvalue weighted by molar-refractivity contribution is 8.00. The number of hydrogen-bond donors (Lipinski definition) is 1. The van der Waals surface area contributed by atoms with Crippen LogP contribution >= 0.6 is 11.8 Å². The fourth-order valence-corrected chi connectivity index (χ4v) is 2.65. The van der Waals surface area contributed by atoms with Crippen LogP contribution in [0.15, 0.2) is 0 Å². The monoisotopic (exact) mass is 159 g/mol. The Hall–Kier alpha value is -0.220. The Bertz CT molecular complexity index is 167. The number of rotatable bonds is 0. The number of β-lactam (4-membered cyclic amide) rings is 1. The van der Waals surface area contributed by atoms with Crippen LogP contribution in [0, 0.1) is 0 Å². The molecule has 2 rings (SSSR count). The highest BCUT2D eigenvalue weighted by atomic mass is 32.2. The van der Waals surface area contributed by atoms with E-state index < -0.39 is 6.23 Å². The van der Waals surface area contributed by atoms with Gasteiger partial charge in [0.15, 0.2) is 0 Å². The molecule has 2 heterocycles. The van der Waals surface area contributed by atoms with Crippen LogP contribution < -0.4 is 0 Å². The van der Waals surface area contributed by atoms with Crippen molar-refractivity contribution in [2.45, 2.75) is 24.4 Å². The predicted molar refractivity (Wildman–Crippen MR) is 38.3 cm³/mol. The van der Waals surface area contributed by atoms with Crippen LogP contribution in [-0.2, 0) is 4.79 Å². The number of hydrogen-bond acceptors (Lipinski definition) is 3. The van der Waals surface area contributed by atoms with Crippen LogP contribution in [0.2, 0.25) is 0 Å². The van der Waals surface area contributed by atoms with E-state index in [1.165, 1.54) is 0 Å². The Morgan fingerprint density at radius 1 is 1.70 bits per heavy atom. The number of aliphatic hydroxyl groups excluding tert-OH is 1. The van der Waals surface area contributed by atoms with Crippen molar-refractivity contribution in [2.75, 3.05) is 5.75 Å². The molecule has 1 amide bonds. The molecule has 0 radical (unpaired) electrons. The third-order valence-corrected chi connectivity index (χ3v) is 3.20. The van der Waals surface area contributed by atoms with Crippen molar-refractivity contribution in [3.63, 3.8) is 0 Å². The summed E-state index contributed by atoms with van der Waals surface area (Å²) < 4.78 is 0. The zero-order valence-corrected chi connectivity index (χ0v) is 6.30. The Kier molecular flexibility index (Phi) is 1.38. The summed E-state index contributed by atoms with van der Waals surface area (Å²) in [7, 11) is 0. The standard InChI is InChI=1S/C6H9NO2S/c8-4-1-2-10-6-3-5(9)7(4)6/h4,6,8H,1-3H2/t4?,6-/m1/s1. The van der Waals surface area contributed by atoms with E-state index in [2.05, 4.69) is 0 Å². The van der Waals surface area contributed by atoms with Gasteiger partial charge in [0, 0.05) is 6.42 Å². The van der Waals surface area contributed by atoms with E-state index in [1.54, 1.807) is 16.7 Å². The van der Waals surface area contributed by atoms with Crippen molar-refractivity contribution >= 4 is 17.7 Å². The molecule has 0 bridgehead atoms. The molecule has 0 saturated carbocycles. The van der Waals surface area contributed by atoms with E-state index in [1.807, 2.05) is 0 Å². The largest absolute Gasteiger partial charge is 0.373 e. The summed E-state index contributed by atoms with van der Waals surface area (Å²) in [5.74, 6) is 1.08. The number of nitrogens with zero attached hydrogens (tertiary/aromatic N) is 1. The lowest BCUT2D eigenvalue weighted by molar-refractivity contribution is -0.157. The molecule has 0 aliphatic carbocycles. The molecule has 0 aromatic carbocycles. The maximum Gasteiger partial charge on any atom is 0.228 e. The smallest absolute Gasteiger partial charge is 0.228 e. The highest BCUT2D eigenvalue weighted by Gasteiger charge is 2.42. The fraction of sp³-hybridized carbons (Fsp3) is 0.833. The SMILES string of the molecule is O=C1C[C@H]2SCCC(O)N12. The van der Waals surface area contributed by atoms with Gasteiger partial charge in [0.25, 0.3) is 0 Å². The Morgan fingerprint density at radius 2 is 2.50 bits per heavy atom. The second-order valence-corrected chi connectivity index (χ2v) is 3.89. The lowest BCUT2D eigenvalue weighted by Crippen LogP contribution is -2.58. The molecule has 10 heavy (non-hydrogen) atoms. The van der Waals surface area contributed by atoms with Crippen molar-refractivity contribution in [3.8, 4) is 0 Å². The average Bonchev–Trinajstić information content (AvgIpc) is 1.85. The zero-order valence-electron chi connectivity index (χ0n) is 5.49. The molecular weight excluding hydrogens is 150 g/mol. The summed E-state index contributed by atoms with van der Waals surface area (Å²) in [5.41, 5.74) is 0. The van der Waals surface area contributed by atoms with E-state index in [0.717, 1.165) is 12.2 Å². The topological polar surface area (TPSA) is 40.5 Å². The number of aliphatic hydroxyl groups is 1. The van der Waals surface area contributed by atoms with Gasteiger partial charge in [-0.2, -0.15) is 0 Å². The molecule has 2 atom stereocenters. The maximum atomic E-state index is 10.8. The van der Waals surface area contributed by atoms with Crippen molar-refractivity contribution in [2.24, 2.45) is 0 Å². The molecule has 0 aromatic rings. The van der Waals surface area contributed by atoms with Gasteiger partial charge in [-0.05, 0) is 5.75 Å². The first-order valence-electron chi connectivity index (χ1n) is 3.40. The van der Waals surface area contributed by atoms with Crippen molar-refractivity contribution < 1.29 is 9.90 Å². The minimum Gasteiger partial charge on any atom is -0.373 e. The Labute approximate surface area is 63.4 Å². The highest BCUT2D eigenvalue weighted by Crippen LogP contribution is 2.36. The average molecular weight is 159 g/mol. The predicted octanol–water partition coefficient (Wildman–Crippen LogP) is 0.000100. The normalized spacial score (nSPS) is 38.9. The van der Waals surface area contributed by atoms with E-state index in [-0.39, 0.29) is 11.3 Å². The third kappa shape index (κ3) is 0.754. The first-order valence-corrected chi connectivity index (χ1v) is 4.45. The maximum absolute atomic E-state index is 10.8. The van der Waals surface area contributed by atoms with Crippen LogP contribution in [0.25, 0.3) is 0 Å². The summed E-state index contributed by atoms with van der Waals surface area (Å²) in [6, 6.07) is 0. The molecule has 2 aliphatic rings. The van der Waals surface area contributed by atoms with E-state index in [4.69, 9.17) is 0 Å². The van der Waals surface area contributed by atoms with Gasteiger partial charge in [0.05, 0.1) is 11.8 Å². The molecule has 4 heteroatoms. The van der Waals surface area contributed by atoms with Crippen molar-refractivity contribution in [1.82, 2.24) is 4.90 Å². The van der Waals surface area contributed by atoms with Gasteiger partial charge in [-0.1, -0.05) is 0 Å². The van der Waals surface area contributed by atoms with Crippen molar-refractivity contribution in [3.05, 3.63) is 0 Å². The molecule has 2 saturated heterocycles. The summed E-state index contributed by atoms with van der Waals surface area (Å²) in [5, 5.41) is 9.55. The number of thioether (sulfide) groups is 1. The van der Waals surface area contributed by atoms with Crippen LogP contribution in [-0.4, -0.2) is 33.3 Å². The second kappa shape index (κ2) is 2.13. The van der Waals surface area contributed by atoms with E-state index >= 15 is 0 Å². The van der Waals surface area contributed by atoms with Gasteiger partial charge in [-0.25, -0.2) is 0 Å². The third-order valence-electron chi connectivity index (χ3n) is 1.95. The molecular formula is C6H9NO2S. The minimum atomic E-state index is -0.493. The molecule has 0 aromatic heterocycles. The van der Waals surface area contributed by atoms with Gasteiger partial charge >= 0.3 is 0 Å². The molecule has 0 spiro atoms. The first kappa shape index (κ1) is 6.49.